The summed E-state index contributed by atoms with van der Waals surface area (Å²) in [6.45, 7) is 0.252. The number of benzene rings is 1. The summed E-state index contributed by atoms with van der Waals surface area (Å²) < 4.78 is 41.6. The fourth-order valence-electron chi connectivity index (χ4n) is 2.79. The van der Waals surface area contributed by atoms with Gasteiger partial charge in [-0.15, -0.1) is 0 Å². The maximum atomic E-state index is 13.1. The molecular formula is C14H18ClFO3S. The second-order valence-corrected chi connectivity index (χ2v) is 8.27. The second-order valence-electron chi connectivity index (χ2n) is 5.49. The summed E-state index contributed by atoms with van der Waals surface area (Å²) in [5.74, 6) is -0.0382. The molecule has 0 aliphatic heterocycles. The molecule has 1 aliphatic carbocycles. The van der Waals surface area contributed by atoms with Crippen LogP contribution in [0.5, 0.6) is 5.75 Å². The Labute approximate surface area is 123 Å². The lowest BCUT2D eigenvalue weighted by Crippen LogP contribution is -2.36. The van der Waals surface area contributed by atoms with Crippen molar-refractivity contribution in [3.8, 4) is 5.75 Å². The lowest BCUT2D eigenvalue weighted by Gasteiger charge is -2.35. The van der Waals surface area contributed by atoms with Crippen LogP contribution in [0.1, 0.15) is 32.1 Å². The van der Waals surface area contributed by atoms with Gasteiger partial charge in [-0.05, 0) is 25.0 Å². The van der Waals surface area contributed by atoms with Crippen molar-refractivity contribution in [2.24, 2.45) is 5.41 Å². The first-order valence-corrected chi connectivity index (χ1v) is 9.17. The second kappa shape index (κ2) is 6.31. The number of hydrogen-bond acceptors (Lipinski definition) is 3. The Hall–Kier alpha value is -0.810. The van der Waals surface area contributed by atoms with Gasteiger partial charge in [0.15, 0.2) is 0 Å². The zero-order valence-electron chi connectivity index (χ0n) is 11.1. The smallest absolute Gasteiger partial charge is 0.233 e. The Bertz CT molecular complexity index is 553. The minimum absolute atomic E-state index is 0.0864. The van der Waals surface area contributed by atoms with Gasteiger partial charge in [-0.1, -0.05) is 25.3 Å². The predicted molar refractivity (Wildman–Crippen MR) is 77.1 cm³/mol. The molecule has 0 heterocycles. The fourth-order valence-corrected chi connectivity index (χ4v) is 4.59. The number of halogens is 2. The first-order chi connectivity index (χ1) is 9.39. The minimum atomic E-state index is -3.58. The topological polar surface area (TPSA) is 43.4 Å². The lowest BCUT2D eigenvalue weighted by atomic mass is 9.76. The van der Waals surface area contributed by atoms with Crippen molar-refractivity contribution in [3.63, 3.8) is 0 Å². The van der Waals surface area contributed by atoms with Gasteiger partial charge in [0.25, 0.3) is 0 Å². The van der Waals surface area contributed by atoms with Crippen LogP contribution in [0.3, 0.4) is 0 Å². The molecule has 0 aromatic heterocycles. The van der Waals surface area contributed by atoms with Gasteiger partial charge in [0, 0.05) is 22.2 Å². The zero-order valence-corrected chi connectivity index (χ0v) is 12.7. The molecule has 0 spiro atoms. The van der Waals surface area contributed by atoms with Crippen LogP contribution in [-0.2, 0) is 9.05 Å². The molecule has 0 atom stereocenters. The van der Waals surface area contributed by atoms with Crippen molar-refractivity contribution < 1.29 is 17.5 Å². The molecule has 0 N–H and O–H groups in total. The van der Waals surface area contributed by atoms with Crippen LogP contribution in [0, 0.1) is 11.2 Å². The van der Waals surface area contributed by atoms with E-state index < -0.39 is 14.5 Å². The maximum Gasteiger partial charge on any atom is 0.233 e. The van der Waals surface area contributed by atoms with E-state index in [0.29, 0.717) is 5.75 Å². The zero-order chi connectivity index (χ0) is 14.6. The molecule has 1 aliphatic rings. The number of rotatable bonds is 5. The van der Waals surface area contributed by atoms with Gasteiger partial charge in [0.1, 0.15) is 11.6 Å². The Kier molecular flexibility index (Phi) is 4.91. The molecule has 0 unspecified atom stereocenters. The summed E-state index contributed by atoms with van der Waals surface area (Å²) in [7, 11) is 1.84. The molecule has 1 aromatic rings. The largest absolute Gasteiger partial charge is 0.493 e. The van der Waals surface area contributed by atoms with Crippen LogP contribution in [0.15, 0.2) is 24.3 Å². The van der Waals surface area contributed by atoms with Gasteiger partial charge < -0.3 is 4.74 Å². The molecule has 112 valence electrons. The van der Waals surface area contributed by atoms with Crippen molar-refractivity contribution in [1.82, 2.24) is 0 Å². The monoisotopic (exact) mass is 320 g/mol. The fraction of sp³-hybridized carbons (Fsp3) is 0.571. The lowest BCUT2D eigenvalue weighted by molar-refractivity contribution is 0.119. The quantitative estimate of drug-likeness (QED) is 0.776. The van der Waals surface area contributed by atoms with E-state index in [0.717, 1.165) is 32.1 Å². The Balaban J connectivity index is 2.08. The SMILES string of the molecule is O=S(=O)(Cl)CC1(COc2cccc(F)c2)CCCCC1. The average molecular weight is 321 g/mol. The van der Waals surface area contributed by atoms with Crippen LogP contribution in [0.4, 0.5) is 4.39 Å². The molecule has 1 aromatic carbocycles. The van der Waals surface area contributed by atoms with E-state index in [2.05, 4.69) is 0 Å². The van der Waals surface area contributed by atoms with E-state index in [9.17, 15) is 12.8 Å². The molecule has 0 saturated heterocycles. The van der Waals surface area contributed by atoms with Gasteiger partial charge >= 0.3 is 0 Å². The molecule has 1 saturated carbocycles. The third-order valence-electron chi connectivity index (χ3n) is 3.73. The third-order valence-corrected chi connectivity index (χ3v) is 5.02. The normalized spacial score (nSPS) is 18.7. The van der Waals surface area contributed by atoms with Crippen molar-refractivity contribution in [1.29, 1.82) is 0 Å². The molecular weight excluding hydrogens is 303 g/mol. The number of ether oxygens (including phenoxy) is 1. The van der Waals surface area contributed by atoms with E-state index in [1.54, 1.807) is 12.1 Å². The highest BCUT2D eigenvalue weighted by Gasteiger charge is 2.37. The van der Waals surface area contributed by atoms with Crippen LogP contribution >= 0.6 is 10.7 Å². The molecule has 0 amide bonds. The van der Waals surface area contributed by atoms with Gasteiger partial charge in [-0.3, -0.25) is 0 Å². The summed E-state index contributed by atoms with van der Waals surface area (Å²) in [4.78, 5) is 0. The van der Waals surface area contributed by atoms with E-state index >= 15 is 0 Å². The van der Waals surface area contributed by atoms with Crippen molar-refractivity contribution in [3.05, 3.63) is 30.1 Å². The summed E-state index contributed by atoms with van der Waals surface area (Å²) >= 11 is 0. The average Bonchev–Trinajstić information content (AvgIpc) is 2.36. The Morgan fingerprint density at radius 2 is 1.95 bits per heavy atom. The third kappa shape index (κ3) is 4.63. The summed E-state index contributed by atoms with van der Waals surface area (Å²) in [6, 6.07) is 5.86. The van der Waals surface area contributed by atoms with Gasteiger partial charge in [0.2, 0.25) is 9.05 Å². The summed E-state index contributed by atoms with van der Waals surface area (Å²) in [5.41, 5.74) is -0.453. The highest BCUT2D eigenvalue weighted by Crippen LogP contribution is 2.38. The molecule has 6 heteroatoms. The molecule has 2 rings (SSSR count). The minimum Gasteiger partial charge on any atom is -0.493 e. The summed E-state index contributed by atoms with van der Waals surface area (Å²) in [6.07, 6.45) is 4.59. The molecule has 0 bridgehead atoms. The van der Waals surface area contributed by atoms with Gasteiger partial charge in [-0.2, -0.15) is 0 Å². The first-order valence-electron chi connectivity index (χ1n) is 6.69. The van der Waals surface area contributed by atoms with Gasteiger partial charge in [0.05, 0.1) is 12.4 Å². The molecule has 1 fully saturated rings. The standard InChI is InChI=1S/C14H18ClFO3S/c15-20(17,18)11-14(7-2-1-3-8-14)10-19-13-6-4-5-12(16)9-13/h4-6,9H,1-3,7-8,10-11H2. The van der Waals surface area contributed by atoms with Crippen LogP contribution < -0.4 is 4.74 Å². The number of hydrogen-bond donors (Lipinski definition) is 0. The first kappa shape index (κ1) is 15.6. The van der Waals surface area contributed by atoms with Crippen molar-refractivity contribution >= 4 is 19.7 Å². The van der Waals surface area contributed by atoms with Crippen LogP contribution in [0.25, 0.3) is 0 Å². The van der Waals surface area contributed by atoms with Gasteiger partial charge in [-0.25, -0.2) is 12.8 Å². The molecule has 20 heavy (non-hydrogen) atoms. The van der Waals surface area contributed by atoms with Crippen LogP contribution in [0.2, 0.25) is 0 Å². The highest BCUT2D eigenvalue weighted by molar-refractivity contribution is 8.13. The van der Waals surface area contributed by atoms with E-state index in [1.807, 2.05) is 0 Å². The molecule has 0 radical (unpaired) electrons. The van der Waals surface area contributed by atoms with Crippen LogP contribution in [-0.4, -0.2) is 20.8 Å². The Morgan fingerprint density at radius 1 is 1.25 bits per heavy atom. The van der Waals surface area contributed by atoms with E-state index in [-0.39, 0.29) is 18.2 Å². The highest BCUT2D eigenvalue weighted by atomic mass is 35.7. The Morgan fingerprint density at radius 3 is 2.55 bits per heavy atom. The van der Waals surface area contributed by atoms with Crippen molar-refractivity contribution in [2.45, 2.75) is 32.1 Å². The van der Waals surface area contributed by atoms with E-state index in [4.69, 9.17) is 15.4 Å². The van der Waals surface area contributed by atoms with Crippen molar-refractivity contribution in [2.75, 3.05) is 12.4 Å². The summed E-state index contributed by atoms with van der Waals surface area (Å²) in [5, 5.41) is 0. The van der Waals surface area contributed by atoms with E-state index in [1.165, 1.54) is 12.1 Å². The maximum absolute atomic E-state index is 13.1. The molecule has 3 nitrogen and oxygen atoms in total. The predicted octanol–water partition coefficient (Wildman–Crippen LogP) is 3.72.